The van der Waals surface area contributed by atoms with Crippen molar-refractivity contribution in [1.29, 1.82) is 0 Å². The minimum Gasteiger partial charge on any atom is -0.398 e. The highest BCUT2D eigenvalue weighted by molar-refractivity contribution is 7.98. The number of benzene rings is 1. The molecule has 0 spiro atoms. The lowest BCUT2D eigenvalue weighted by atomic mass is 10.2. The molecule has 1 aromatic heterocycles. The number of carbonyl (C=O) groups is 1. The van der Waals surface area contributed by atoms with Crippen molar-refractivity contribution in [2.24, 2.45) is 0 Å². The van der Waals surface area contributed by atoms with Crippen molar-refractivity contribution < 1.29 is 4.79 Å². The molecule has 2 N–H and O–H groups in total. The molecule has 0 unspecified atom stereocenters. The summed E-state index contributed by atoms with van der Waals surface area (Å²) >= 11 is 3.23. The van der Waals surface area contributed by atoms with E-state index in [9.17, 15) is 4.79 Å². The quantitative estimate of drug-likeness (QED) is 0.674. The van der Waals surface area contributed by atoms with Crippen LogP contribution in [-0.4, -0.2) is 17.4 Å². The Balaban J connectivity index is 2.06. The molecule has 21 heavy (non-hydrogen) atoms. The summed E-state index contributed by atoms with van der Waals surface area (Å²) in [6, 6.07) is 5.94. The zero-order valence-corrected chi connectivity index (χ0v) is 14.1. The van der Waals surface area contributed by atoms with Crippen molar-refractivity contribution in [2.75, 3.05) is 17.2 Å². The predicted octanol–water partition coefficient (Wildman–Crippen LogP) is 3.70. The van der Waals surface area contributed by atoms with E-state index in [2.05, 4.69) is 11.1 Å². The van der Waals surface area contributed by atoms with Crippen LogP contribution in [0.15, 0.2) is 28.5 Å². The first kappa shape index (κ1) is 15.9. The largest absolute Gasteiger partial charge is 0.398 e. The molecule has 0 atom stereocenters. The normalized spacial score (nSPS) is 10.6. The first-order valence-corrected chi connectivity index (χ1v) is 8.59. The van der Waals surface area contributed by atoms with E-state index >= 15 is 0 Å². The second kappa shape index (κ2) is 6.95. The number of amides is 1. The Kier molecular flexibility index (Phi) is 5.25. The molecule has 0 saturated heterocycles. The fourth-order valence-corrected chi connectivity index (χ4v) is 3.92. The van der Waals surface area contributed by atoms with Gasteiger partial charge in [-0.2, -0.15) is 0 Å². The maximum Gasteiger partial charge on any atom is 0.225 e. The predicted molar refractivity (Wildman–Crippen MR) is 91.0 cm³/mol. The van der Waals surface area contributed by atoms with Crippen LogP contribution in [0.25, 0.3) is 0 Å². The van der Waals surface area contributed by atoms with Crippen LogP contribution in [0.1, 0.15) is 25.1 Å². The molecule has 4 nitrogen and oxygen atoms in total. The highest BCUT2D eigenvalue weighted by atomic mass is 32.2. The number of nitrogens with two attached hydrogens (primary N) is 1. The summed E-state index contributed by atoms with van der Waals surface area (Å²) in [7, 11) is 0. The van der Waals surface area contributed by atoms with Crippen LogP contribution in [0.3, 0.4) is 0 Å². The van der Waals surface area contributed by atoms with Crippen molar-refractivity contribution in [1.82, 2.24) is 4.98 Å². The lowest BCUT2D eigenvalue weighted by Crippen LogP contribution is -2.27. The third kappa shape index (κ3) is 3.77. The van der Waals surface area contributed by atoms with Gasteiger partial charge in [0.25, 0.3) is 0 Å². The van der Waals surface area contributed by atoms with Crippen LogP contribution < -0.4 is 10.6 Å². The number of thioether (sulfide) groups is 1. The number of rotatable bonds is 5. The maximum atomic E-state index is 11.5. The molecule has 0 fully saturated rings. The van der Waals surface area contributed by atoms with Gasteiger partial charge in [-0.05, 0) is 31.5 Å². The molecule has 2 rings (SSSR count). The van der Waals surface area contributed by atoms with Crippen molar-refractivity contribution in [3.63, 3.8) is 0 Å². The van der Waals surface area contributed by atoms with Crippen LogP contribution in [-0.2, 0) is 10.5 Å². The number of hydrogen-bond acceptors (Lipinski definition) is 5. The number of thiazole rings is 1. The van der Waals surface area contributed by atoms with Gasteiger partial charge in [-0.3, -0.25) is 9.69 Å². The Labute approximate surface area is 133 Å². The van der Waals surface area contributed by atoms with Crippen molar-refractivity contribution >= 4 is 39.8 Å². The number of hydrogen-bond donors (Lipinski definition) is 1. The van der Waals surface area contributed by atoms with E-state index in [0.29, 0.717) is 6.54 Å². The Hall–Kier alpha value is -1.53. The Morgan fingerprint density at radius 1 is 1.48 bits per heavy atom. The molecule has 112 valence electrons. The standard InChI is InChI=1S/C15H19N3OS2/c1-4-18(11(3)19)15-17-12(9-21-15)8-20-14-7-5-6-13(16)10(14)2/h5-7,9H,4,8,16H2,1-3H3. The molecule has 1 amide bonds. The first-order valence-electron chi connectivity index (χ1n) is 6.73. The second-order valence-corrected chi connectivity index (χ2v) is 6.50. The fraction of sp³-hybridized carbons (Fsp3) is 0.333. The summed E-state index contributed by atoms with van der Waals surface area (Å²) in [5, 5.41) is 2.78. The monoisotopic (exact) mass is 321 g/mol. The third-order valence-corrected chi connectivity index (χ3v) is 5.27. The van der Waals surface area contributed by atoms with Gasteiger partial charge >= 0.3 is 0 Å². The zero-order chi connectivity index (χ0) is 15.4. The van der Waals surface area contributed by atoms with Gasteiger partial charge in [-0.25, -0.2) is 4.98 Å². The van der Waals surface area contributed by atoms with E-state index in [0.717, 1.165) is 27.8 Å². The summed E-state index contributed by atoms with van der Waals surface area (Å²) < 4.78 is 0. The van der Waals surface area contributed by atoms with Gasteiger partial charge in [-0.15, -0.1) is 23.1 Å². The summed E-state index contributed by atoms with van der Waals surface area (Å²) in [4.78, 5) is 18.9. The lowest BCUT2D eigenvalue weighted by Gasteiger charge is -2.14. The first-order chi connectivity index (χ1) is 10.0. The van der Waals surface area contributed by atoms with Crippen molar-refractivity contribution in [2.45, 2.75) is 31.4 Å². The molecule has 6 heteroatoms. The van der Waals surface area contributed by atoms with Crippen LogP contribution >= 0.6 is 23.1 Å². The second-order valence-electron chi connectivity index (χ2n) is 4.64. The molecule has 0 radical (unpaired) electrons. The van der Waals surface area contributed by atoms with E-state index in [1.54, 1.807) is 23.6 Å². The number of carbonyl (C=O) groups excluding carboxylic acids is 1. The van der Waals surface area contributed by atoms with Gasteiger partial charge in [0.2, 0.25) is 5.91 Å². The molecule has 1 heterocycles. The minimum absolute atomic E-state index is 0.0257. The van der Waals surface area contributed by atoms with Gasteiger partial charge in [0.15, 0.2) is 5.13 Å². The van der Waals surface area contributed by atoms with Crippen LogP contribution in [0.4, 0.5) is 10.8 Å². The van der Waals surface area contributed by atoms with E-state index in [-0.39, 0.29) is 5.91 Å². The van der Waals surface area contributed by atoms with Gasteiger partial charge in [0.05, 0.1) is 5.69 Å². The summed E-state index contributed by atoms with van der Waals surface area (Å²) in [6.07, 6.45) is 0. The lowest BCUT2D eigenvalue weighted by molar-refractivity contribution is -0.116. The van der Waals surface area contributed by atoms with E-state index in [1.165, 1.54) is 16.2 Å². The van der Waals surface area contributed by atoms with E-state index < -0.39 is 0 Å². The van der Waals surface area contributed by atoms with Gasteiger partial charge in [0, 0.05) is 35.2 Å². The molecule has 0 aliphatic carbocycles. The van der Waals surface area contributed by atoms with Gasteiger partial charge < -0.3 is 5.73 Å². The third-order valence-electron chi connectivity index (χ3n) is 3.17. The SMILES string of the molecule is CCN(C(C)=O)c1nc(CSc2cccc(N)c2C)cs1. The minimum atomic E-state index is 0.0257. The molecular formula is C15H19N3OS2. The molecule has 2 aromatic rings. The van der Waals surface area contributed by atoms with Crippen LogP contribution in [0.2, 0.25) is 0 Å². The number of anilines is 2. The van der Waals surface area contributed by atoms with Crippen LogP contribution in [0.5, 0.6) is 0 Å². The van der Waals surface area contributed by atoms with Crippen molar-refractivity contribution in [3.8, 4) is 0 Å². The van der Waals surface area contributed by atoms with Gasteiger partial charge in [-0.1, -0.05) is 6.07 Å². The summed E-state index contributed by atoms with van der Waals surface area (Å²) in [5.41, 5.74) is 8.82. The summed E-state index contributed by atoms with van der Waals surface area (Å²) in [5.74, 6) is 0.800. The van der Waals surface area contributed by atoms with E-state index in [4.69, 9.17) is 5.73 Å². The Bertz CT molecular complexity index is 640. The number of nitrogens with zero attached hydrogens (tertiary/aromatic N) is 2. The Morgan fingerprint density at radius 2 is 2.24 bits per heavy atom. The molecule has 0 bridgehead atoms. The van der Waals surface area contributed by atoms with Gasteiger partial charge in [0.1, 0.15) is 0 Å². The highest BCUT2D eigenvalue weighted by Gasteiger charge is 2.13. The summed E-state index contributed by atoms with van der Waals surface area (Å²) in [6.45, 7) is 6.19. The highest BCUT2D eigenvalue weighted by Crippen LogP contribution is 2.30. The molecule has 0 aliphatic heterocycles. The van der Waals surface area contributed by atoms with Crippen LogP contribution in [0, 0.1) is 6.92 Å². The molecule has 1 aromatic carbocycles. The molecule has 0 aliphatic rings. The average molecular weight is 321 g/mol. The average Bonchev–Trinajstić information content (AvgIpc) is 2.89. The number of nitrogen functional groups attached to an aromatic ring is 1. The molecule has 0 saturated carbocycles. The van der Waals surface area contributed by atoms with Crippen molar-refractivity contribution in [3.05, 3.63) is 34.8 Å². The zero-order valence-electron chi connectivity index (χ0n) is 12.4. The smallest absolute Gasteiger partial charge is 0.225 e. The van der Waals surface area contributed by atoms with E-state index in [1.807, 2.05) is 31.4 Å². The molecular weight excluding hydrogens is 302 g/mol. The fourth-order valence-electron chi connectivity index (χ4n) is 1.92. The number of aromatic nitrogens is 1. The Morgan fingerprint density at radius 3 is 2.90 bits per heavy atom. The maximum absolute atomic E-state index is 11.5. The topological polar surface area (TPSA) is 59.2 Å².